The van der Waals surface area contributed by atoms with Crippen molar-refractivity contribution >= 4 is 45.5 Å². The van der Waals surface area contributed by atoms with Crippen LogP contribution in [0.5, 0.6) is 0 Å². The van der Waals surface area contributed by atoms with Crippen molar-refractivity contribution in [1.29, 1.82) is 5.26 Å². The third kappa shape index (κ3) is 5.70. The van der Waals surface area contributed by atoms with Crippen molar-refractivity contribution in [3.8, 4) is 6.07 Å². The summed E-state index contributed by atoms with van der Waals surface area (Å²) in [6.45, 7) is 8.26. The Hall–Kier alpha value is -3.38. The third-order valence-corrected chi connectivity index (χ3v) is 6.85. The molecule has 4 aromatic rings. The van der Waals surface area contributed by atoms with Gasteiger partial charge in [-0.3, -0.25) is 4.98 Å². The lowest BCUT2D eigenvalue weighted by Gasteiger charge is -2.25. The SMILES string of the molecule is [2H][C@](Nc1cc(Cl)c2ncc(C#N)c(NCC(C)(C)C)c2c1)(c1cn(CC2CCO2)nn1)c1ccccc1Cl. The van der Waals surface area contributed by atoms with Crippen LogP contribution in [0.1, 0.15) is 51.4 Å². The minimum atomic E-state index is -1.60. The molecule has 0 aliphatic carbocycles. The summed E-state index contributed by atoms with van der Waals surface area (Å²) in [4.78, 5) is 4.44. The van der Waals surface area contributed by atoms with Crippen LogP contribution in [0.3, 0.4) is 0 Å². The highest BCUT2D eigenvalue weighted by Gasteiger charge is 2.24. The highest BCUT2D eigenvalue weighted by molar-refractivity contribution is 6.36. The van der Waals surface area contributed by atoms with E-state index < -0.39 is 6.02 Å². The number of anilines is 2. The lowest BCUT2D eigenvalue weighted by Crippen LogP contribution is -2.31. The summed E-state index contributed by atoms with van der Waals surface area (Å²) in [7, 11) is 0. The van der Waals surface area contributed by atoms with Gasteiger partial charge in [-0.05, 0) is 35.6 Å². The molecular weight excluding hydrogens is 521 g/mol. The number of ether oxygens (including phenoxy) is 1. The van der Waals surface area contributed by atoms with Gasteiger partial charge in [0.1, 0.15) is 11.8 Å². The standard InChI is InChI=1S/C28H29Cl2N7O/c1-28(2,3)16-33-25-17(12-31)13-32-26-21(25)10-18(11-23(26)30)34-27(20-6-4-5-7-22(20)29)24-15-37(36-35-24)14-19-8-9-38-19/h4-7,10-11,13,15,19,27,34H,8-9,14,16H2,1-3H3,(H,32,33)/t19?,27-/m1/s1/i27D. The second-order valence-electron chi connectivity index (χ2n) is 10.5. The minimum absolute atomic E-state index is 0.0291. The normalized spacial score (nSPS) is 17.3. The van der Waals surface area contributed by atoms with E-state index in [9.17, 15) is 6.63 Å². The molecule has 0 radical (unpaired) electrons. The lowest BCUT2D eigenvalue weighted by atomic mass is 9.96. The summed E-state index contributed by atoms with van der Waals surface area (Å²) < 4.78 is 16.9. The zero-order chi connectivity index (χ0) is 27.8. The van der Waals surface area contributed by atoms with Crippen LogP contribution in [-0.4, -0.2) is 39.2 Å². The predicted octanol–water partition coefficient (Wildman–Crippen LogP) is 6.45. The molecule has 5 rings (SSSR count). The average Bonchev–Trinajstić information content (AvgIpc) is 3.34. The monoisotopic (exact) mass is 550 g/mol. The maximum Gasteiger partial charge on any atom is 0.110 e. The number of pyridine rings is 1. The molecule has 1 unspecified atom stereocenters. The Kier molecular flexibility index (Phi) is 7.07. The van der Waals surface area contributed by atoms with Gasteiger partial charge in [-0.1, -0.05) is 67.4 Å². The molecule has 1 aliphatic heterocycles. The van der Waals surface area contributed by atoms with Gasteiger partial charge in [-0.15, -0.1) is 5.10 Å². The van der Waals surface area contributed by atoms with Crippen LogP contribution in [0, 0.1) is 16.7 Å². The predicted molar refractivity (Wildman–Crippen MR) is 151 cm³/mol. The number of nitrogens with zero attached hydrogens (tertiary/aromatic N) is 5. The van der Waals surface area contributed by atoms with Gasteiger partial charge in [0.2, 0.25) is 0 Å². The van der Waals surface area contributed by atoms with Gasteiger partial charge < -0.3 is 15.4 Å². The molecule has 2 aromatic heterocycles. The Morgan fingerprint density at radius 3 is 2.74 bits per heavy atom. The maximum atomic E-state index is 9.80. The van der Waals surface area contributed by atoms with Crippen LogP contribution >= 0.6 is 23.2 Å². The highest BCUT2D eigenvalue weighted by atomic mass is 35.5. The van der Waals surface area contributed by atoms with Gasteiger partial charge in [0, 0.05) is 35.4 Å². The Morgan fingerprint density at radius 2 is 2.05 bits per heavy atom. The molecule has 0 spiro atoms. The Bertz CT molecular complexity index is 1560. The zero-order valence-corrected chi connectivity index (χ0v) is 22.9. The van der Waals surface area contributed by atoms with E-state index in [1.807, 2.05) is 18.2 Å². The van der Waals surface area contributed by atoms with Crippen LogP contribution in [0.15, 0.2) is 48.8 Å². The number of rotatable bonds is 8. The first-order chi connectivity index (χ1) is 18.6. The minimum Gasteiger partial charge on any atom is -0.383 e. The molecule has 3 heterocycles. The van der Waals surface area contributed by atoms with Gasteiger partial charge in [0.25, 0.3) is 0 Å². The number of nitrogens with one attached hydrogen (secondary N) is 2. The quantitative estimate of drug-likeness (QED) is 0.259. The van der Waals surface area contributed by atoms with Crippen LogP contribution in [0.4, 0.5) is 11.4 Å². The molecule has 2 N–H and O–H groups in total. The largest absolute Gasteiger partial charge is 0.383 e. The van der Waals surface area contributed by atoms with Crippen LogP contribution in [-0.2, 0) is 11.3 Å². The van der Waals surface area contributed by atoms with Gasteiger partial charge >= 0.3 is 0 Å². The molecule has 0 amide bonds. The van der Waals surface area contributed by atoms with E-state index in [0.717, 1.165) is 13.0 Å². The highest BCUT2D eigenvalue weighted by Crippen LogP contribution is 2.37. The van der Waals surface area contributed by atoms with Crippen molar-refractivity contribution in [3.05, 3.63) is 75.7 Å². The smallest absolute Gasteiger partial charge is 0.110 e. The van der Waals surface area contributed by atoms with Gasteiger partial charge in [0.05, 0.1) is 48.0 Å². The van der Waals surface area contributed by atoms with Crippen LogP contribution in [0.2, 0.25) is 10.0 Å². The number of hydrogen-bond donors (Lipinski definition) is 2. The summed E-state index contributed by atoms with van der Waals surface area (Å²) in [5, 5.41) is 26.6. The number of fused-ring (bicyclic) bond motifs is 1. The number of benzene rings is 2. The van der Waals surface area contributed by atoms with Gasteiger partial charge in [-0.2, -0.15) is 5.26 Å². The first-order valence-corrected chi connectivity index (χ1v) is 13.1. The van der Waals surface area contributed by atoms with Crippen LogP contribution < -0.4 is 10.6 Å². The molecule has 8 nitrogen and oxygen atoms in total. The fourth-order valence-electron chi connectivity index (χ4n) is 4.18. The average molecular weight is 552 g/mol. The molecule has 2 atom stereocenters. The number of hydrogen-bond acceptors (Lipinski definition) is 7. The number of nitriles is 1. The Morgan fingerprint density at radius 1 is 1.26 bits per heavy atom. The molecule has 196 valence electrons. The van der Waals surface area contributed by atoms with E-state index in [-0.39, 0.29) is 11.5 Å². The molecule has 0 saturated carbocycles. The number of aromatic nitrogens is 4. The van der Waals surface area contributed by atoms with Crippen molar-refractivity contribution in [2.24, 2.45) is 5.41 Å². The molecule has 38 heavy (non-hydrogen) atoms. The lowest BCUT2D eigenvalue weighted by molar-refractivity contribution is -0.0611. The summed E-state index contributed by atoms with van der Waals surface area (Å²) in [5.74, 6) is 0. The zero-order valence-electron chi connectivity index (χ0n) is 22.4. The van der Waals surface area contributed by atoms with E-state index in [4.69, 9.17) is 27.9 Å². The van der Waals surface area contributed by atoms with Gasteiger partial charge in [0.15, 0.2) is 0 Å². The van der Waals surface area contributed by atoms with E-state index in [2.05, 4.69) is 52.8 Å². The van der Waals surface area contributed by atoms with Crippen molar-refractivity contribution in [3.63, 3.8) is 0 Å². The first-order valence-electron chi connectivity index (χ1n) is 12.9. The van der Waals surface area contributed by atoms with E-state index >= 15 is 0 Å². The number of halogens is 2. The summed E-state index contributed by atoms with van der Waals surface area (Å²) in [5.41, 5.74) is 2.98. The van der Waals surface area contributed by atoms with Crippen molar-refractivity contribution < 1.29 is 6.11 Å². The van der Waals surface area contributed by atoms with E-state index in [1.54, 1.807) is 29.1 Å². The summed E-state index contributed by atoms with van der Waals surface area (Å²) >= 11 is 13.3. The third-order valence-electron chi connectivity index (χ3n) is 6.23. The second-order valence-corrected chi connectivity index (χ2v) is 11.3. The van der Waals surface area contributed by atoms with E-state index in [0.29, 0.717) is 62.2 Å². The molecule has 1 saturated heterocycles. The summed E-state index contributed by atoms with van der Waals surface area (Å²) in [6, 6.07) is 11.3. The Labute approximate surface area is 233 Å². The molecular formula is C28H29Cl2N7O. The maximum absolute atomic E-state index is 9.80. The van der Waals surface area contributed by atoms with Crippen molar-refractivity contribution in [2.45, 2.75) is 45.9 Å². The summed E-state index contributed by atoms with van der Waals surface area (Å²) in [6.07, 6.45) is 4.31. The fraction of sp³-hybridized carbons (Fsp3) is 0.357. The molecule has 0 bridgehead atoms. The van der Waals surface area contributed by atoms with Gasteiger partial charge in [-0.25, -0.2) is 4.68 Å². The molecule has 1 aliphatic rings. The van der Waals surface area contributed by atoms with Crippen molar-refractivity contribution in [1.82, 2.24) is 20.0 Å². The second kappa shape index (κ2) is 10.8. The van der Waals surface area contributed by atoms with Crippen molar-refractivity contribution in [2.75, 3.05) is 23.8 Å². The first kappa shape index (κ1) is 24.9. The fourth-order valence-corrected chi connectivity index (χ4v) is 4.68. The van der Waals surface area contributed by atoms with E-state index in [1.165, 1.54) is 6.20 Å². The Balaban J connectivity index is 1.60. The molecule has 10 heteroatoms. The topological polar surface area (TPSA) is 101 Å². The molecule has 2 aromatic carbocycles. The van der Waals surface area contributed by atoms with Crippen LogP contribution in [0.25, 0.3) is 10.9 Å². The molecule has 1 fully saturated rings.